The van der Waals surface area contributed by atoms with E-state index in [-0.39, 0.29) is 10.7 Å². The van der Waals surface area contributed by atoms with E-state index in [1.54, 1.807) is 12.1 Å². The van der Waals surface area contributed by atoms with Crippen LogP contribution in [0.5, 0.6) is 0 Å². The topological polar surface area (TPSA) is 95.0 Å². The van der Waals surface area contributed by atoms with Gasteiger partial charge in [-0.1, -0.05) is 11.8 Å². The molecule has 142 valence electrons. The molecule has 0 spiro atoms. The summed E-state index contributed by atoms with van der Waals surface area (Å²) in [6.45, 7) is 5.72. The molecule has 9 heteroatoms. The number of Topliss-reactive ketones (excluding diaryl/α,β-unsaturated/α-hetero) is 1. The number of carbonyl (C=O) groups excluding carboxylic acids is 1. The van der Waals surface area contributed by atoms with Crippen molar-refractivity contribution in [3.05, 3.63) is 58.4 Å². The SMILES string of the molecule is Cc1csc(SCC(=O)c2cc(C)n(-c3ccc(S(N)(=O)=O)cc3)c2C)n1. The number of hydrogen-bond acceptors (Lipinski definition) is 6. The van der Waals surface area contributed by atoms with Crippen molar-refractivity contribution in [3.63, 3.8) is 0 Å². The van der Waals surface area contributed by atoms with E-state index in [0.717, 1.165) is 27.1 Å². The molecule has 0 aliphatic carbocycles. The second-order valence-electron chi connectivity index (χ2n) is 6.13. The summed E-state index contributed by atoms with van der Waals surface area (Å²) in [7, 11) is -3.73. The Kier molecular flexibility index (Phi) is 5.57. The minimum atomic E-state index is -3.73. The third kappa shape index (κ3) is 4.32. The fraction of sp³-hybridized carbons (Fsp3) is 0.222. The average molecular weight is 422 g/mol. The fourth-order valence-corrected chi connectivity index (χ4v) is 5.08. The maximum atomic E-state index is 12.7. The summed E-state index contributed by atoms with van der Waals surface area (Å²) in [4.78, 5) is 17.1. The molecule has 0 aliphatic rings. The third-order valence-electron chi connectivity index (χ3n) is 4.08. The van der Waals surface area contributed by atoms with Crippen LogP contribution >= 0.6 is 23.1 Å². The lowest BCUT2D eigenvalue weighted by Crippen LogP contribution is -2.12. The molecule has 0 fully saturated rings. The summed E-state index contributed by atoms with van der Waals surface area (Å²) in [5, 5.41) is 7.11. The van der Waals surface area contributed by atoms with Crippen molar-refractivity contribution < 1.29 is 13.2 Å². The normalized spacial score (nSPS) is 11.7. The van der Waals surface area contributed by atoms with Crippen LogP contribution < -0.4 is 5.14 Å². The first-order chi connectivity index (χ1) is 12.7. The van der Waals surface area contributed by atoms with Crippen LogP contribution in [0.2, 0.25) is 0 Å². The van der Waals surface area contributed by atoms with Gasteiger partial charge in [0.05, 0.1) is 10.6 Å². The zero-order valence-corrected chi connectivity index (χ0v) is 17.5. The molecule has 0 bridgehead atoms. The first-order valence-corrected chi connectivity index (χ1v) is 11.5. The average Bonchev–Trinajstić information content (AvgIpc) is 3.15. The van der Waals surface area contributed by atoms with Gasteiger partial charge in [-0.3, -0.25) is 4.79 Å². The molecule has 6 nitrogen and oxygen atoms in total. The predicted molar refractivity (Wildman–Crippen MR) is 109 cm³/mol. The standard InChI is InChI=1S/C18H19N3O3S3/c1-11-9-25-18(20-11)26-10-17(22)16-8-12(2)21(13(16)3)14-4-6-15(7-5-14)27(19,23)24/h4-9H,10H2,1-3H3,(H2,19,23,24). The first kappa shape index (κ1) is 19.8. The number of rotatable bonds is 6. The number of nitrogens with two attached hydrogens (primary N) is 1. The van der Waals surface area contributed by atoms with Crippen molar-refractivity contribution in [2.75, 3.05) is 5.75 Å². The van der Waals surface area contributed by atoms with E-state index in [2.05, 4.69) is 4.98 Å². The van der Waals surface area contributed by atoms with Crippen molar-refractivity contribution in [3.8, 4) is 5.69 Å². The highest BCUT2D eigenvalue weighted by Crippen LogP contribution is 2.26. The van der Waals surface area contributed by atoms with Gasteiger partial charge in [-0.25, -0.2) is 18.5 Å². The minimum Gasteiger partial charge on any atom is -0.318 e. The maximum absolute atomic E-state index is 12.7. The summed E-state index contributed by atoms with van der Waals surface area (Å²) in [5.74, 6) is 0.357. The van der Waals surface area contributed by atoms with E-state index >= 15 is 0 Å². The molecule has 0 saturated carbocycles. The smallest absolute Gasteiger partial charge is 0.238 e. The number of nitrogens with zero attached hydrogens (tertiary/aromatic N) is 2. The van der Waals surface area contributed by atoms with Gasteiger partial charge in [0.15, 0.2) is 10.1 Å². The van der Waals surface area contributed by atoms with Crippen LogP contribution in [0.4, 0.5) is 0 Å². The Labute approximate surface area is 166 Å². The van der Waals surface area contributed by atoms with E-state index in [1.807, 2.05) is 36.8 Å². The number of thioether (sulfide) groups is 1. The second kappa shape index (κ2) is 7.59. The quantitative estimate of drug-likeness (QED) is 0.486. The van der Waals surface area contributed by atoms with Gasteiger partial charge in [0.2, 0.25) is 10.0 Å². The molecule has 0 atom stereocenters. The lowest BCUT2D eigenvalue weighted by Gasteiger charge is -2.10. The van der Waals surface area contributed by atoms with Crippen molar-refractivity contribution in [1.82, 2.24) is 9.55 Å². The summed E-state index contributed by atoms with van der Waals surface area (Å²) in [6.07, 6.45) is 0. The number of sulfonamides is 1. The number of carbonyl (C=O) groups is 1. The van der Waals surface area contributed by atoms with Gasteiger partial charge in [-0.15, -0.1) is 11.3 Å². The number of aryl methyl sites for hydroxylation is 2. The van der Waals surface area contributed by atoms with Crippen LogP contribution in [-0.2, 0) is 10.0 Å². The highest BCUT2D eigenvalue weighted by atomic mass is 32.2. The lowest BCUT2D eigenvalue weighted by atomic mass is 10.2. The molecule has 3 aromatic rings. The third-order valence-corrected chi connectivity index (χ3v) is 7.15. The van der Waals surface area contributed by atoms with Gasteiger partial charge < -0.3 is 4.57 Å². The van der Waals surface area contributed by atoms with Crippen LogP contribution in [-0.4, -0.2) is 29.5 Å². The van der Waals surface area contributed by atoms with E-state index in [0.29, 0.717) is 11.3 Å². The molecule has 0 saturated heterocycles. The number of aromatic nitrogens is 2. The molecule has 0 amide bonds. The van der Waals surface area contributed by atoms with Crippen molar-refractivity contribution in [2.45, 2.75) is 30.0 Å². The van der Waals surface area contributed by atoms with Crippen molar-refractivity contribution in [1.29, 1.82) is 0 Å². The van der Waals surface area contributed by atoms with Crippen molar-refractivity contribution in [2.24, 2.45) is 5.14 Å². The maximum Gasteiger partial charge on any atom is 0.238 e. The lowest BCUT2D eigenvalue weighted by molar-refractivity contribution is 0.102. The first-order valence-electron chi connectivity index (χ1n) is 8.07. The molecule has 2 N–H and O–H groups in total. The highest BCUT2D eigenvalue weighted by molar-refractivity contribution is 8.01. The van der Waals surface area contributed by atoms with Crippen LogP contribution in [0.1, 0.15) is 27.4 Å². The van der Waals surface area contributed by atoms with Gasteiger partial charge >= 0.3 is 0 Å². The number of thiazole rings is 1. The zero-order valence-electron chi connectivity index (χ0n) is 15.1. The summed E-state index contributed by atoms with van der Waals surface area (Å²) >= 11 is 2.97. The summed E-state index contributed by atoms with van der Waals surface area (Å²) in [6, 6.07) is 8.15. The molecular weight excluding hydrogens is 402 g/mol. The molecule has 3 rings (SSSR count). The largest absolute Gasteiger partial charge is 0.318 e. The Hall–Kier alpha value is -1.94. The van der Waals surface area contributed by atoms with Gasteiger partial charge in [0, 0.05) is 33.7 Å². The zero-order chi connectivity index (χ0) is 19.8. The van der Waals surface area contributed by atoms with Crippen molar-refractivity contribution >= 4 is 38.9 Å². The summed E-state index contributed by atoms with van der Waals surface area (Å²) in [5.41, 5.74) is 4.10. The van der Waals surface area contributed by atoms with Crippen LogP contribution in [0.15, 0.2) is 44.9 Å². The monoisotopic (exact) mass is 421 g/mol. The van der Waals surface area contributed by atoms with E-state index < -0.39 is 10.0 Å². The number of hydrogen-bond donors (Lipinski definition) is 1. The highest BCUT2D eigenvalue weighted by Gasteiger charge is 2.18. The minimum absolute atomic E-state index is 0.0355. The summed E-state index contributed by atoms with van der Waals surface area (Å²) < 4.78 is 25.6. The molecule has 0 radical (unpaired) electrons. The van der Waals surface area contributed by atoms with Gasteiger partial charge in [-0.2, -0.15) is 0 Å². The Morgan fingerprint density at radius 2 is 1.89 bits per heavy atom. The van der Waals surface area contributed by atoms with E-state index in [4.69, 9.17) is 5.14 Å². The fourth-order valence-electron chi connectivity index (χ4n) is 2.83. The van der Waals surface area contributed by atoms with Gasteiger partial charge in [0.25, 0.3) is 0 Å². The molecular formula is C18H19N3O3S3. The number of primary sulfonamides is 1. The Morgan fingerprint density at radius 3 is 2.44 bits per heavy atom. The predicted octanol–water partition coefficient (Wildman–Crippen LogP) is 3.48. The number of benzene rings is 1. The van der Waals surface area contributed by atoms with Crippen LogP contribution in [0.25, 0.3) is 5.69 Å². The van der Waals surface area contributed by atoms with Crippen LogP contribution in [0, 0.1) is 20.8 Å². The van der Waals surface area contributed by atoms with Gasteiger partial charge in [0.1, 0.15) is 0 Å². The number of ketones is 1. The second-order valence-corrected chi connectivity index (χ2v) is 9.77. The Morgan fingerprint density at radius 1 is 1.22 bits per heavy atom. The molecule has 0 aliphatic heterocycles. The molecule has 2 aromatic heterocycles. The van der Waals surface area contributed by atoms with E-state index in [1.165, 1.54) is 35.2 Å². The molecule has 0 unspecified atom stereocenters. The molecule has 2 heterocycles. The molecule has 27 heavy (non-hydrogen) atoms. The molecule has 1 aromatic carbocycles. The Bertz CT molecular complexity index is 1100. The van der Waals surface area contributed by atoms with E-state index in [9.17, 15) is 13.2 Å². The Balaban J connectivity index is 1.84. The van der Waals surface area contributed by atoms with Crippen LogP contribution in [0.3, 0.4) is 0 Å². The van der Waals surface area contributed by atoms with Gasteiger partial charge in [-0.05, 0) is 51.1 Å².